The third-order valence-electron chi connectivity index (χ3n) is 4.65. The molecule has 1 amide bonds. The van der Waals surface area contributed by atoms with Crippen molar-refractivity contribution in [2.75, 3.05) is 21.3 Å². The number of ether oxygens (including phenoxy) is 3. The highest BCUT2D eigenvalue weighted by Gasteiger charge is 2.45. The Morgan fingerprint density at radius 2 is 1.64 bits per heavy atom. The SMILES string of the molecule is COc1cc(C2C(C#N)=C(N)N3C(=O)C(C)SC3=C2C#N)cc(OC)c1OC. The summed E-state index contributed by atoms with van der Waals surface area (Å²) in [6.07, 6.45) is 0. The predicted molar refractivity (Wildman–Crippen MR) is 102 cm³/mol. The Morgan fingerprint density at radius 3 is 2.11 bits per heavy atom. The number of amides is 1. The number of carbonyl (C=O) groups excluding carboxylic acids is 1. The van der Waals surface area contributed by atoms with Gasteiger partial charge in [-0.3, -0.25) is 9.69 Å². The van der Waals surface area contributed by atoms with Crippen LogP contribution in [0.25, 0.3) is 0 Å². The first-order chi connectivity index (χ1) is 13.4. The zero-order valence-corrected chi connectivity index (χ0v) is 16.6. The molecule has 1 fully saturated rings. The van der Waals surface area contributed by atoms with E-state index in [0.29, 0.717) is 27.8 Å². The van der Waals surface area contributed by atoms with Crippen LogP contribution in [0, 0.1) is 22.7 Å². The third-order valence-corrected chi connectivity index (χ3v) is 5.83. The second kappa shape index (κ2) is 7.37. The van der Waals surface area contributed by atoms with Crippen molar-refractivity contribution < 1.29 is 19.0 Å². The van der Waals surface area contributed by atoms with Crippen molar-refractivity contribution in [1.29, 1.82) is 10.5 Å². The molecule has 0 saturated carbocycles. The van der Waals surface area contributed by atoms with E-state index in [1.807, 2.05) is 0 Å². The minimum absolute atomic E-state index is 0.0390. The summed E-state index contributed by atoms with van der Waals surface area (Å²) in [6, 6.07) is 7.59. The molecule has 1 aromatic rings. The number of allylic oxidation sites excluding steroid dienone is 2. The number of hydrogen-bond acceptors (Lipinski definition) is 8. The molecule has 2 N–H and O–H groups in total. The fraction of sp³-hybridized carbons (Fsp3) is 0.316. The van der Waals surface area contributed by atoms with E-state index in [1.165, 1.54) is 38.0 Å². The van der Waals surface area contributed by atoms with Gasteiger partial charge in [-0.2, -0.15) is 10.5 Å². The van der Waals surface area contributed by atoms with E-state index in [0.717, 1.165) is 0 Å². The van der Waals surface area contributed by atoms with Gasteiger partial charge in [-0.15, -0.1) is 0 Å². The lowest BCUT2D eigenvalue weighted by Gasteiger charge is -2.30. The first-order valence-electron chi connectivity index (χ1n) is 8.27. The Kier molecular flexibility index (Phi) is 5.12. The molecule has 2 aliphatic rings. The first kappa shape index (κ1) is 19.5. The van der Waals surface area contributed by atoms with Crippen LogP contribution in [0.2, 0.25) is 0 Å². The Labute approximate surface area is 166 Å². The van der Waals surface area contributed by atoms with E-state index in [4.69, 9.17) is 19.9 Å². The van der Waals surface area contributed by atoms with Gasteiger partial charge in [-0.25, -0.2) is 0 Å². The number of hydrogen-bond donors (Lipinski definition) is 1. The third kappa shape index (κ3) is 2.72. The Hall–Kier alpha value is -3.30. The van der Waals surface area contributed by atoms with Crippen LogP contribution in [0.15, 0.2) is 34.1 Å². The number of fused-ring (bicyclic) bond motifs is 1. The number of rotatable bonds is 4. The summed E-state index contributed by atoms with van der Waals surface area (Å²) in [5, 5.41) is 19.7. The number of nitriles is 2. The summed E-state index contributed by atoms with van der Waals surface area (Å²) >= 11 is 1.26. The second-order valence-electron chi connectivity index (χ2n) is 6.07. The highest BCUT2D eigenvalue weighted by atomic mass is 32.2. The minimum Gasteiger partial charge on any atom is -0.493 e. The second-order valence-corrected chi connectivity index (χ2v) is 7.40. The summed E-state index contributed by atoms with van der Waals surface area (Å²) in [5.74, 6) is 0.216. The molecule has 0 aromatic heterocycles. The molecule has 0 spiro atoms. The van der Waals surface area contributed by atoms with E-state index in [1.54, 1.807) is 19.1 Å². The minimum atomic E-state index is -0.749. The van der Waals surface area contributed by atoms with Crippen LogP contribution in [-0.2, 0) is 4.79 Å². The van der Waals surface area contributed by atoms with Gasteiger partial charge in [0.1, 0.15) is 5.82 Å². The molecule has 144 valence electrons. The van der Waals surface area contributed by atoms with E-state index >= 15 is 0 Å². The van der Waals surface area contributed by atoms with E-state index in [2.05, 4.69) is 12.1 Å². The van der Waals surface area contributed by atoms with Crippen LogP contribution in [0.1, 0.15) is 18.4 Å². The summed E-state index contributed by atoms with van der Waals surface area (Å²) in [6.45, 7) is 1.74. The van der Waals surface area contributed by atoms with Crippen LogP contribution in [0.4, 0.5) is 0 Å². The van der Waals surface area contributed by atoms with Crippen molar-refractivity contribution in [1.82, 2.24) is 4.90 Å². The molecule has 28 heavy (non-hydrogen) atoms. The van der Waals surface area contributed by atoms with Gasteiger partial charge >= 0.3 is 0 Å². The lowest BCUT2D eigenvalue weighted by molar-refractivity contribution is -0.125. The predicted octanol–water partition coefficient (Wildman–Crippen LogP) is 2.20. The average Bonchev–Trinajstić information content (AvgIpc) is 3.01. The molecule has 2 aliphatic heterocycles. The maximum atomic E-state index is 12.5. The van der Waals surface area contributed by atoms with E-state index in [9.17, 15) is 15.3 Å². The summed E-state index contributed by atoms with van der Waals surface area (Å²) in [5.41, 5.74) is 7.16. The number of carbonyl (C=O) groups is 1. The maximum Gasteiger partial charge on any atom is 0.246 e. The molecule has 2 unspecified atom stereocenters. The molecule has 0 radical (unpaired) electrons. The number of thioether (sulfide) groups is 1. The zero-order chi connectivity index (χ0) is 20.6. The Morgan fingerprint density at radius 1 is 1.07 bits per heavy atom. The molecule has 2 heterocycles. The number of benzene rings is 1. The van der Waals surface area contributed by atoms with Gasteiger partial charge in [0, 0.05) is 0 Å². The standard InChI is InChI=1S/C19H18N4O4S/c1-9-18(24)23-17(22)11(7-20)15(12(8-21)19(23)28-9)10-5-13(25-2)16(27-4)14(6-10)26-3/h5-6,9,15H,22H2,1-4H3. The highest BCUT2D eigenvalue weighted by molar-refractivity contribution is 8.04. The lowest BCUT2D eigenvalue weighted by Crippen LogP contribution is -2.36. The van der Waals surface area contributed by atoms with Crippen LogP contribution in [-0.4, -0.2) is 37.4 Å². The molecule has 0 aliphatic carbocycles. The fourth-order valence-corrected chi connectivity index (χ4v) is 4.46. The van der Waals surface area contributed by atoms with Crippen molar-refractivity contribution in [3.05, 3.63) is 39.7 Å². The quantitative estimate of drug-likeness (QED) is 0.819. The van der Waals surface area contributed by atoms with Crippen molar-refractivity contribution in [3.8, 4) is 29.4 Å². The summed E-state index contributed by atoms with van der Waals surface area (Å²) < 4.78 is 16.1. The number of methoxy groups -OCH3 is 3. The molecular weight excluding hydrogens is 380 g/mol. The van der Waals surface area contributed by atoms with Gasteiger partial charge in [0.15, 0.2) is 11.5 Å². The first-order valence-corrected chi connectivity index (χ1v) is 9.15. The Balaban J connectivity index is 2.29. The molecule has 0 bridgehead atoms. The topological polar surface area (TPSA) is 122 Å². The van der Waals surface area contributed by atoms with Crippen molar-refractivity contribution >= 4 is 17.7 Å². The smallest absolute Gasteiger partial charge is 0.246 e. The summed E-state index contributed by atoms with van der Waals surface area (Å²) in [7, 11) is 4.45. The van der Waals surface area contributed by atoms with Crippen molar-refractivity contribution in [3.63, 3.8) is 0 Å². The van der Waals surface area contributed by atoms with E-state index in [-0.39, 0.29) is 22.9 Å². The molecule has 1 saturated heterocycles. The molecule has 8 nitrogen and oxygen atoms in total. The van der Waals surface area contributed by atoms with Gasteiger partial charge in [-0.1, -0.05) is 11.8 Å². The Bertz CT molecular complexity index is 977. The molecule has 9 heteroatoms. The molecule has 1 aromatic carbocycles. The van der Waals surface area contributed by atoms with Gasteiger partial charge in [-0.05, 0) is 24.6 Å². The number of nitrogens with zero attached hydrogens (tertiary/aromatic N) is 3. The van der Waals surface area contributed by atoms with Crippen LogP contribution >= 0.6 is 11.8 Å². The molecule has 2 atom stereocenters. The van der Waals surface area contributed by atoms with Crippen LogP contribution in [0.3, 0.4) is 0 Å². The maximum absolute atomic E-state index is 12.5. The zero-order valence-electron chi connectivity index (χ0n) is 15.8. The van der Waals surface area contributed by atoms with E-state index < -0.39 is 11.2 Å². The summed E-state index contributed by atoms with van der Waals surface area (Å²) in [4.78, 5) is 13.7. The lowest BCUT2D eigenvalue weighted by atomic mass is 9.83. The average molecular weight is 398 g/mol. The monoisotopic (exact) mass is 398 g/mol. The van der Waals surface area contributed by atoms with Crippen molar-refractivity contribution in [2.24, 2.45) is 5.73 Å². The van der Waals surface area contributed by atoms with Gasteiger partial charge < -0.3 is 19.9 Å². The molecule has 3 rings (SSSR count). The van der Waals surface area contributed by atoms with Gasteiger partial charge in [0.2, 0.25) is 11.7 Å². The van der Waals surface area contributed by atoms with Gasteiger partial charge in [0.05, 0.1) is 60.8 Å². The normalized spacial score (nSPS) is 21.2. The largest absolute Gasteiger partial charge is 0.493 e. The van der Waals surface area contributed by atoms with Crippen LogP contribution in [0.5, 0.6) is 17.2 Å². The number of nitrogens with two attached hydrogens (primary N) is 1. The van der Waals surface area contributed by atoms with Gasteiger partial charge in [0.25, 0.3) is 0 Å². The molecular formula is C19H18N4O4S. The fourth-order valence-electron chi connectivity index (χ4n) is 3.34. The van der Waals surface area contributed by atoms with Crippen LogP contribution < -0.4 is 19.9 Å². The van der Waals surface area contributed by atoms with Crippen molar-refractivity contribution in [2.45, 2.75) is 18.1 Å². The highest BCUT2D eigenvalue weighted by Crippen LogP contribution is 2.50.